The first-order valence-electron chi connectivity index (χ1n) is 11.1. The number of pyridine rings is 1. The Morgan fingerprint density at radius 3 is 2.47 bits per heavy atom. The van der Waals surface area contributed by atoms with Crippen molar-refractivity contribution in [1.29, 1.82) is 0 Å². The van der Waals surface area contributed by atoms with Gasteiger partial charge in [-0.25, -0.2) is 4.98 Å². The van der Waals surface area contributed by atoms with Crippen molar-refractivity contribution in [2.24, 2.45) is 0 Å². The number of hydrogen-bond acceptors (Lipinski definition) is 4. The fourth-order valence-electron chi connectivity index (χ4n) is 4.48. The van der Waals surface area contributed by atoms with Crippen molar-refractivity contribution < 1.29 is 9.84 Å². The molecular weight excluding hydrogens is 603 g/mol. The third-order valence-electron chi connectivity index (χ3n) is 6.15. The SMILES string of the molecule is COc1nc2ccc(Br)cc2cc1[C@@H](c1ccccc1)[C@@](O)(CCN(C)C)c1cccc(I)c1. The molecule has 2 atom stereocenters. The third-order valence-corrected chi connectivity index (χ3v) is 7.31. The maximum absolute atomic E-state index is 12.6. The smallest absolute Gasteiger partial charge is 0.217 e. The number of methoxy groups -OCH3 is 1. The van der Waals surface area contributed by atoms with Crippen molar-refractivity contribution >= 4 is 49.4 Å². The molecule has 1 heterocycles. The molecule has 0 spiro atoms. The van der Waals surface area contributed by atoms with E-state index < -0.39 is 11.5 Å². The van der Waals surface area contributed by atoms with Crippen molar-refractivity contribution in [3.05, 3.63) is 104 Å². The van der Waals surface area contributed by atoms with Crippen molar-refractivity contribution in [2.75, 3.05) is 27.7 Å². The lowest BCUT2D eigenvalue weighted by Gasteiger charge is -2.39. The average molecular weight is 631 g/mol. The van der Waals surface area contributed by atoms with Gasteiger partial charge in [0.15, 0.2) is 0 Å². The molecule has 34 heavy (non-hydrogen) atoms. The highest BCUT2D eigenvalue weighted by Crippen LogP contribution is 2.47. The van der Waals surface area contributed by atoms with E-state index in [2.05, 4.69) is 73.8 Å². The Labute approximate surface area is 223 Å². The minimum atomic E-state index is -1.19. The van der Waals surface area contributed by atoms with Crippen molar-refractivity contribution in [1.82, 2.24) is 9.88 Å². The van der Waals surface area contributed by atoms with Gasteiger partial charge in [-0.05, 0) is 90.6 Å². The molecule has 1 aromatic heterocycles. The fourth-order valence-corrected chi connectivity index (χ4v) is 5.40. The van der Waals surface area contributed by atoms with Gasteiger partial charge < -0.3 is 14.7 Å². The first kappa shape index (κ1) is 25.1. The molecule has 6 heteroatoms. The van der Waals surface area contributed by atoms with Gasteiger partial charge >= 0.3 is 0 Å². The van der Waals surface area contributed by atoms with E-state index in [1.807, 2.05) is 62.6 Å². The summed E-state index contributed by atoms with van der Waals surface area (Å²) in [6.07, 6.45) is 0.541. The Hall–Kier alpha value is -2.00. The van der Waals surface area contributed by atoms with Gasteiger partial charge in [0.1, 0.15) is 5.60 Å². The van der Waals surface area contributed by atoms with Crippen LogP contribution in [0.3, 0.4) is 0 Å². The van der Waals surface area contributed by atoms with Gasteiger partial charge in [-0.1, -0.05) is 58.4 Å². The fraction of sp³-hybridized carbons (Fsp3) is 0.250. The van der Waals surface area contributed by atoms with Gasteiger partial charge in [0, 0.05) is 31.5 Å². The van der Waals surface area contributed by atoms with E-state index in [-0.39, 0.29) is 0 Å². The van der Waals surface area contributed by atoms with E-state index >= 15 is 0 Å². The molecule has 3 aromatic carbocycles. The van der Waals surface area contributed by atoms with Crippen LogP contribution in [0.2, 0.25) is 0 Å². The van der Waals surface area contributed by atoms with Gasteiger partial charge in [-0.15, -0.1) is 0 Å². The van der Waals surface area contributed by atoms with Gasteiger partial charge in [-0.3, -0.25) is 0 Å². The molecule has 0 unspecified atom stereocenters. The molecule has 4 aromatic rings. The molecule has 0 aliphatic heterocycles. The van der Waals surface area contributed by atoms with Gasteiger partial charge in [0.2, 0.25) is 5.88 Å². The van der Waals surface area contributed by atoms with E-state index in [0.717, 1.165) is 42.2 Å². The standard InChI is InChI=1S/C28H28BrIN2O2/c1-32(2)15-14-28(33,21-10-7-11-23(30)18-21)26(19-8-5-4-6-9-19)24-17-20-16-22(29)12-13-25(20)31-27(24)34-3/h4-13,16-18,26,33H,14-15H2,1-3H3/t26-,28-/m1/s1. The van der Waals surface area contributed by atoms with E-state index in [4.69, 9.17) is 9.72 Å². The summed E-state index contributed by atoms with van der Waals surface area (Å²) in [5.74, 6) is 0.135. The zero-order valence-corrected chi connectivity index (χ0v) is 23.2. The Bertz CT molecular complexity index is 1280. The second kappa shape index (κ2) is 10.7. The molecule has 0 aliphatic rings. The van der Waals surface area contributed by atoms with Crippen LogP contribution in [0.25, 0.3) is 10.9 Å². The summed E-state index contributed by atoms with van der Waals surface area (Å²) in [5.41, 5.74) is 2.41. The Morgan fingerprint density at radius 2 is 1.79 bits per heavy atom. The highest BCUT2D eigenvalue weighted by molar-refractivity contribution is 14.1. The number of rotatable bonds is 8. The van der Waals surface area contributed by atoms with Crippen LogP contribution in [0.1, 0.15) is 29.0 Å². The maximum Gasteiger partial charge on any atom is 0.217 e. The molecule has 0 radical (unpaired) electrons. The van der Waals surface area contributed by atoms with Gasteiger partial charge in [-0.2, -0.15) is 0 Å². The normalized spacial score (nSPS) is 14.2. The number of fused-ring (bicyclic) bond motifs is 1. The lowest BCUT2D eigenvalue weighted by Crippen LogP contribution is -2.38. The van der Waals surface area contributed by atoms with Gasteiger partial charge in [0.05, 0.1) is 12.6 Å². The molecule has 4 nitrogen and oxygen atoms in total. The minimum Gasteiger partial charge on any atom is -0.481 e. The van der Waals surface area contributed by atoms with Crippen molar-refractivity contribution in [3.63, 3.8) is 0 Å². The summed E-state index contributed by atoms with van der Waals surface area (Å²) >= 11 is 5.89. The zero-order chi connectivity index (χ0) is 24.3. The highest BCUT2D eigenvalue weighted by Gasteiger charge is 2.42. The lowest BCUT2D eigenvalue weighted by atomic mass is 9.71. The molecule has 176 valence electrons. The summed E-state index contributed by atoms with van der Waals surface area (Å²) in [7, 11) is 5.70. The predicted octanol–water partition coefficient (Wildman–Crippen LogP) is 6.58. The highest BCUT2D eigenvalue weighted by atomic mass is 127. The second-order valence-corrected chi connectivity index (χ2v) is 10.9. The molecule has 0 amide bonds. The van der Waals surface area contributed by atoms with Crippen LogP contribution < -0.4 is 4.74 Å². The predicted molar refractivity (Wildman–Crippen MR) is 151 cm³/mol. The van der Waals surface area contributed by atoms with E-state index in [1.165, 1.54) is 0 Å². The molecule has 0 saturated carbocycles. The summed E-state index contributed by atoms with van der Waals surface area (Å²) in [6, 6.07) is 26.4. The number of aromatic nitrogens is 1. The monoisotopic (exact) mass is 630 g/mol. The van der Waals surface area contributed by atoms with Crippen molar-refractivity contribution in [2.45, 2.75) is 17.9 Å². The first-order chi connectivity index (χ1) is 16.3. The Kier molecular flexibility index (Phi) is 7.92. The maximum atomic E-state index is 12.6. The van der Waals surface area contributed by atoms with E-state index in [1.54, 1.807) is 7.11 Å². The Morgan fingerprint density at radius 1 is 1.03 bits per heavy atom. The average Bonchev–Trinajstić information content (AvgIpc) is 2.83. The van der Waals surface area contributed by atoms with E-state index in [9.17, 15) is 5.11 Å². The molecule has 0 fully saturated rings. The van der Waals surface area contributed by atoms with Crippen LogP contribution in [-0.4, -0.2) is 42.7 Å². The van der Waals surface area contributed by atoms with E-state index in [0.29, 0.717) is 12.3 Å². The first-order valence-corrected chi connectivity index (χ1v) is 13.0. The minimum absolute atomic E-state index is 0.391. The topological polar surface area (TPSA) is 45.6 Å². The summed E-state index contributed by atoms with van der Waals surface area (Å²) in [5, 5.41) is 13.6. The molecule has 4 rings (SSSR count). The van der Waals surface area contributed by atoms with Crippen LogP contribution in [0.15, 0.2) is 83.3 Å². The second-order valence-electron chi connectivity index (χ2n) is 8.76. The molecular formula is C28H28BrIN2O2. The zero-order valence-electron chi connectivity index (χ0n) is 19.5. The van der Waals surface area contributed by atoms with Gasteiger partial charge in [0.25, 0.3) is 0 Å². The number of aliphatic hydroxyl groups is 1. The van der Waals surface area contributed by atoms with Crippen LogP contribution in [0.4, 0.5) is 0 Å². The molecule has 0 aliphatic carbocycles. The summed E-state index contributed by atoms with van der Waals surface area (Å²) < 4.78 is 7.88. The van der Waals surface area contributed by atoms with Crippen LogP contribution in [0, 0.1) is 3.57 Å². The van der Waals surface area contributed by atoms with Crippen LogP contribution in [-0.2, 0) is 5.60 Å². The largest absolute Gasteiger partial charge is 0.481 e. The Balaban J connectivity index is 2.02. The molecule has 1 N–H and O–H groups in total. The van der Waals surface area contributed by atoms with Crippen molar-refractivity contribution in [3.8, 4) is 5.88 Å². The molecule has 0 bridgehead atoms. The number of nitrogens with zero attached hydrogens (tertiary/aromatic N) is 2. The third kappa shape index (κ3) is 5.30. The summed E-state index contributed by atoms with van der Waals surface area (Å²) in [4.78, 5) is 6.94. The number of hydrogen-bond donors (Lipinski definition) is 1. The number of benzene rings is 3. The van der Waals surface area contributed by atoms with Crippen LogP contribution in [0.5, 0.6) is 5.88 Å². The lowest BCUT2D eigenvalue weighted by molar-refractivity contribution is 0.00374. The van der Waals surface area contributed by atoms with Crippen LogP contribution >= 0.6 is 38.5 Å². The quantitative estimate of drug-likeness (QED) is 0.223. The number of halogens is 2. The number of ether oxygens (including phenoxy) is 1. The summed E-state index contributed by atoms with van der Waals surface area (Å²) in [6.45, 7) is 0.722. The molecule has 0 saturated heterocycles.